The first-order valence-corrected chi connectivity index (χ1v) is 7.81. The number of hydrogen-bond donors (Lipinski definition) is 0. The fourth-order valence-electron chi connectivity index (χ4n) is 3.54. The maximum absolute atomic E-state index is 12.2. The average Bonchev–Trinajstić information content (AvgIpc) is 2.37. The molecular formula is C16H24O3. The van der Waals surface area contributed by atoms with Gasteiger partial charge in [-0.25, -0.2) is 0 Å². The first-order chi connectivity index (χ1) is 9.20. The lowest BCUT2D eigenvalue weighted by molar-refractivity contribution is -0.147. The minimum absolute atomic E-state index is 0.171. The van der Waals surface area contributed by atoms with Gasteiger partial charge in [-0.15, -0.1) is 0 Å². The van der Waals surface area contributed by atoms with Gasteiger partial charge in [0.1, 0.15) is 0 Å². The summed E-state index contributed by atoms with van der Waals surface area (Å²) >= 11 is 0. The minimum atomic E-state index is -0.716. The maximum Gasteiger partial charge on any atom is 0.264 e. The van der Waals surface area contributed by atoms with E-state index in [9.17, 15) is 14.4 Å². The van der Waals surface area contributed by atoms with E-state index in [1.807, 2.05) is 0 Å². The molecule has 0 saturated heterocycles. The Balaban J connectivity index is 2.07. The summed E-state index contributed by atoms with van der Waals surface area (Å²) in [4.78, 5) is 35.6. The monoisotopic (exact) mass is 264 g/mol. The van der Waals surface area contributed by atoms with Crippen molar-refractivity contribution in [2.24, 2.45) is 11.8 Å². The Morgan fingerprint density at radius 2 is 1.26 bits per heavy atom. The Kier molecular flexibility index (Phi) is 5.29. The van der Waals surface area contributed by atoms with Crippen LogP contribution in [0.15, 0.2) is 0 Å². The fourth-order valence-corrected chi connectivity index (χ4v) is 3.54. The van der Waals surface area contributed by atoms with E-state index < -0.39 is 11.6 Å². The van der Waals surface area contributed by atoms with Crippen molar-refractivity contribution in [1.29, 1.82) is 0 Å². The molecule has 0 heterocycles. The summed E-state index contributed by atoms with van der Waals surface area (Å²) in [6.07, 6.45) is 11.0. The van der Waals surface area contributed by atoms with Crippen LogP contribution in [0.3, 0.4) is 0 Å². The van der Waals surface area contributed by atoms with Crippen LogP contribution in [0.1, 0.15) is 70.6 Å². The molecule has 0 aromatic carbocycles. The molecule has 0 bridgehead atoms. The van der Waals surface area contributed by atoms with Crippen LogP contribution < -0.4 is 0 Å². The maximum atomic E-state index is 12.2. The molecule has 0 radical (unpaired) electrons. The van der Waals surface area contributed by atoms with E-state index in [-0.39, 0.29) is 18.1 Å². The average molecular weight is 264 g/mol. The topological polar surface area (TPSA) is 51.2 Å². The normalized spacial score (nSPS) is 28.4. The van der Waals surface area contributed by atoms with Crippen molar-refractivity contribution in [3.63, 3.8) is 0 Å². The van der Waals surface area contributed by atoms with Crippen molar-refractivity contribution in [2.45, 2.75) is 70.6 Å². The fraction of sp³-hybridized carbons (Fsp3) is 0.812. The van der Waals surface area contributed by atoms with Crippen LogP contribution in [0.5, 0.6) is 0 Å². The van der Waals surface area contributed by atoms with E-state index in [0.717, 1.165) is 44.9 Å². The molecule has 0 aromatic rings. The molecule has 3 heteroatoms. The smallest absolute Gasteiger partial charge is 0.264 e. The molecule has 2 aliphatic carbocycles. The highest BCUT2D eigenvalue weighted by Gasteiger charge is 2.35. The Hall–Kier alpha value is -0.990. The van der Waals surface area contributed by atoms with Gasteiger partial charge in [0.15, 0.2) is 0 Å². The standard InChI is InChI=1S/C16H24O3/c17-14-11-7-6-10-13(15(18)16(14)19)12-8-4-2-1-3-5-9-12/h12-13H,1-11H2. The SMILES string of the molecule is O=C1CCCCC(C2CCCCCCC2)C(=O)C1=O. The molecule has 19 heavy (non-hydrogen) atoms. The summed E-state index contributed by atoms with van der Waals surface area (Å²) in [5.74, 6) is -1.39. The number of ketones is 3. The van der Waals surface area contributed by atoms with Gasteiger partial charge in [-0.2, -0.15) is 0 Å². The van der Waals surface area contributed by atoms with Gasteiger partial charge in [0.25, 0.3) is 5.78 Å². The minimum Gasteiger partial charge on any atom is -0.290 e. The van der Waals surface area contributed by atoms with E-state index in [1.54, 1.807) is 0 Å². The van der Waals surface area contributed by atoms with E-state index >= 15 is 0 Å². The van der Waals surface area contributed by atoms with Gasteiger partial charge in [0, 0.05) is 12.3 Å². The molecular weight excluding hydrogens is 240 g/mol. The highest BCUT2D eigenvalue weighted by molar-refractivity contribution is 6.64. The zero-order chi connectivity index (χ0) is 13.7. The highest BCUT2D eigenvalue weighted by atomic mass is 16.2. The zero-order valence-electron chi connectivity index (χ0n) is 11.7. The molecule has 0 aromatic heterocycles. The summed E-state index contributed by atoms with van der Waals surface area (Å²) in [6, 6.07) is 0. The number of rotatable bonds is 1. The molecule has 2 rings (SSSR count). The molecule has 0 N–H and O–H groups in total. The Bertz CT molecular complexity index is 351. The number of Topliss-reactive ketones (excluding diaryl/α,β-unsaturated/α-hetero) is 3. The van der Waals surface area contributed by atoms with Gasteiger partial charge in [-0.05, 0) is 31.6 Å². The summed E-state index contributed by atoms with van der Waals surface area (Å²) in [5.41, 5.74) is 0. The Morgan fingerprint density at radius 3 is 1.95 bits per heavy atom. The predicted molar refractivity (Wildman–Crippen MR) is 72.8 cm³/mol. The lowest BCUT2D eigenvalue weighted by Gasteiger charge is -2.28. The lowest BCUT2D eigenvalue weighted by atomic mass is 9.75. The van der Waals surface area contributed by atoms with Crippen molar-refractivity contribution in [3.8, 4) is 0 Å². The molecule has 0 amide bonds. The van der Waals surface area contributed by atoms with Crippen LogP contribution in [0.25, 0.3) is 0 Å². The molecule has 106 valence electrons. The van der Waals surface area contributed by atoms with Gasteiger partial charge in [-0.3, -0.25) is 14.4 Å². The van der Waals surface area contributed by atoms with Gasteiger partial charge >= 0.3 is 0 Å². The van der Waals surface area contributed by atoms with E-state index in [4.69, 9.17) is 0 Å². The van der Waals surface area contributed by atoms with Crippen LogP contribution in [-0.2, 0) is 14.4 Å². The van der Waals surface area contributed by atoms with Crippen molar-refractivity contribution >= 4 is 17.3 Å². The molecule has 2 saturated carbocycles. The van der Waals surface area contributed by atoms with E-state index in [0.29, 0.717) is 5.92 Å². The Labute approximate surface area is 115 Å². The van der Waals surface area contributed by atoms with Crippen molar-refractivity contribution in [3.05, 3.63) is 0 Å². The highest BCUT2D eigenvalue weighted by Crippen LogP contribution is 2.33. The quantitative estimate of drug-likeness (QED) is 0.683. The largest absolute Gasteiger partial charge is 0.290 e. The molecule has 1 atom stereocenters. The van der Waals surface area contributed by atoms with Gasteiger partial charge < -0.3 is 0 Å². The van der Waals surface area contributed by atoms with Crippen LogP contribution >= 0.6 is 0 Å². The number of hydrogen-bond acceptors (Lipinski definition) is 3. The third-order valence-corrected chi connectivity index (χ3v) is 4.70. The molecule has 2 aliphatic rings. The molecule has 1 unspecified atom stereocenters. The van der Waals surface area contributed by atoms with Crippen molar-refractivity contribution in [1.82, 2.24) is 0 Å². The molecule has 3 nitrogen and oxygen atoms in total. The second kappa shape index (κ2) is 6.97. The van der Waals surface area contributed by atoms with Gasteiger partial charge in [-0.1, -0.05) is 38.5 Å². The summed E-state index contributed by atoms with van der Waals surface area (Å²) < 4.78 is 0. The van der Waals surface area contributed by atoms with E-state index in [1.165, 1.54) is 19.3 Å². The van der Waals surface area contributed by atoms with Crippen LogP contribution in [0.2, 0.25) is 0 Å². The number of carbonyl (C=O) groups is 3. The first kappa shape index (κ1) is 14.4. The molecule has 2 fully saturated rings. The first-order valence-electron chi connectivity index (χ1n) is 7.81. The zero-order valence-corrected chi connectivity index (χ0v) is 11.7. The number of carbonyl (C=O) groups excluding carboxylic acids is 3. The second-order valence-corrected chi connectivity index (χ2v) is 6.07. The van der Waals surface area contributed by atoms with Crippen LogP contribution in [0.4, 0.5) is 0 Å². The van der Waals surface area contributed by atoms with Crippen LogP contribution in [-0.4, -0.2) is 17.3 Å². The van der Waals surface area contributed by atoms with Crippen molar-refractivity contribution < 1.29 is 14.4 Å². The molecule has 0 aliphatic heterocycles. The van der Waals surface area contributed by atoms with Gasteiger partial charge in [0.05, 0.1) is 0 Å². The summed E-state index contributed by atoms with van der Waals surface area (Å²) in [6.45, 7) is 0. The van der Waals surface area contributed by atoms with E-state index in [2.05, 4.69) is 0 Å². The predicted octanol–water partition coefficient (Wildman–Crippen LogP) is 3.24. The lowest BCUT2D eigenvalue weighted by Crippen LogP contribution is -2.36. The van der Waals surface area contributed by atoms with Gasteiger partial charge in [0.2, 0.25) is 11.6 Å². The third kappa shape index (κ3) is 3.74. The van der Waals surface area contributed by atoms with Crippen molar-refractivity contribution in [2.75, 3.05) is 0 Å². The van der Waals surface area contributed by atoms with Crippen LogP contribution in [0, 0.1) is 11.8 Å². The third-order valence-electron chi connectivity index (χ3n) is 4.70. The summed E-state index contributed by atoms with van der Waals surface area (Å²) in [7, 11) is 0. The summed E-state index contributed by atoms with van der Waals surface area (Å²) in [5, 5.41) is 0. The Morgan fingerprint density at radius 1 is 0.684 bits per heavy atom. The second-order valence-electron chi connectivity index (χ2n) is 6.07. The molecule has 0 spiro atoms.